The highest BCUT2D eigenvalue weighted by Gasteiger charge is 2.79. The number of para-hydroxylation sites is 1. The number of fused-ring (bicyclic) bond motifs is 8. The number of likely N-dealkylation sites (tertiary alicyclic amines) is 1. The molecule has 3 fully saturated rings. The molecule has 2 heterocycles. The number of rotatable bonds is 1. The molecule has 5 heteroatoms. The predicted molar refractivity (Wildman–Crippen MR) is 154 cm³/mol. The van der Waals surface area contributed by atoms with Gasteiger partial charge in [-0.15, -0.1) is 0 Å². The first-order valence-corrected chi connectivity index (χ1v) is 14.9. The number of aryl methyl sites for hydroxylation is 1. The fraction of sp³-hybridized carbons (Fsp3) is 0.429. The van der Waals surface area contributed by atoms with Crippen LogP contribution in [-0.2, 0) is 21.5 Å². The van der Waals surface area contributed by atoms with Crippen LogP contribution in [0.2, 0.25) is 0 Å². The number of phenols is 1. The van der Waals surface area contributed by atoms with E-state index in [4.69, 9.17) is 0 Å². The van der Waals surface area contributed by atoms with Gasteiger partial charge in [-0.3, -0.25) is 14.5 Å². The summed E-state index contributed by atoms with van der Waals surface area (Å²) in [6.45, 7) is 2.89. The summed E-state index contributed by atoms with van der Waals surface area (Å²) in [5.41, 5.74) is 3.19. The molecule has 1 amide bonds. The van der Waals surface area contributed by atoms with E-state index < -0.39 is 16.4 Å². The predicted octanol–water partition coefficient (Wildman–Crippen LogP) is 5.99. The van der Waals surface area contributed by atoms with Crippen LogP contribution >= 0.6 is 0 Å². The summed E-state index contributed by atoms with van der Waals surface area (Å²) in [6, 6.07) is 24.4. The maximum atomic E-state index is 15.5. The second kappa shape index (κ2) is 8.07. The van der Waals surface area contributed by atoms with E-state index in [1.807, 2.05) is 36.4 Å². The molecular weight excluding hydrogens is 496 g/mol. The van der Waals surface area contributed by atoms with Crippen LogP contribution in [0.15, 0.2) is 72.8 Å². The van der Waals surface area contributed by atoms with Gasteiger partial charge in [-0.25, -0.2) is 0 Å². The second-order valence-corrected chi connectivity index (χ2v) is 13.3. The molecule has 2 saturated carbocycles. The highest BCUT2D eigenvalue weighted by Crippen LogP contribution is 2.74. The van der Waals surface area contributed by atoms with Crippen LogP contribution in [0.5, 0.6) is 5.75 Å². The zero-order chi connectivity index (χ0) is 27.4. The molecule has 2 aliphatic heterocycles. The van der Waals surface area contributed by atoms with Gasteiger partial charge in [0.05, 0.1) is 5.41 Å². The number of nitrogens with zero attached hydrogens (tertiary/aromatic N) is 1. The zero-order valence-electron chi connectivity index (χ0n) is 23.2. The van der Waals surface area contributed by atoms with Crippen molar-refractivity contribution in [1.82, 2.24) is 4.90 Å². The molecule has 5 nitrogen and oxygen atoms in total. The average Bonchev–Trinajstić information content (AvgIpc) is 3.51. The monoisotopic (exact) mass is 532 g/mol. The van der Waals surface area contributed by atoms with Crippen molar-refractivity contribution in [1.29, 1.82) is 0 Å². The SMILES string of the molecule is CN1C[C@H](c2ccccc2)[C@@]2(C[C@H]3[C@@H]4CCc5cc(O)ccc5[C@H]4CC[C@]3(C)C2=O)[C@@]12C(=O)Nc1ccccc12. The zero-order valence-corrected chi connectivity index (χ0v) is 23.2. The molecule has 3 aromatic carbocycles. The number of carbonyl (C=O) groups excluding carboxylic acids is 2. The number of hydrogen-bond donors (Lipinski definition) is 2. The van der Waals surface area contributed by atoms with Gasteiger partial charge in [0.2, 0.25) is 0 Å². The second-order valence-electron chi connectivity index (χ2n) is 13.3. The lowest BCUT2D eigenvalue weighted by Crippen LogP contribution is -2.58. The molecule has 8 rings (SSSR count). The van der Waals surface area contributed by atoms with Crippen molar-refractivity contribution < 1.29 is 14.7 Å². The Morgan fingerprint density at radius 3 is 2.58 bits per heavy atom. The Labute approximate surface area is 235 Å². The Bertz CT molecular complexity index is 1570. The van der Waals surface area contributed by atoms with E-state index in [0.717, 1.165) is 48.9 Å². The minimum absolute atomic E-state index is 0.0498. The van der Waals surface area contributed by atoms with Gasteiger partial charge in [-0.05, 0) is 91.8 Å². The van der Waals surface area contributed by atoms with Crippen LogP contribution in [0, 0.1) is 22.7 Å². The molecule has 0 bridgehead atoms. The van der Waals surface area contributed by atoms with Crippen LogP contribution in [-0.4, -0.2) is 35.3 Å². The first-order valence-electron chi connectivity index (χ1n) is 14.9. The average molecular weight is 533 g/mol. The normalized spacial score (nSPS) is 37.8. The van der Waals surface area contributed by atoms with E-state index in [-0.39, 0.29) is 17.7 Å². The van der Waals surface area contributed by atoms with E-state index in [1.54, 1.807) is 0 Å². The van der Waals surface area contributed by atoms with Crippen molar-refractivity contribution in [2.75, 3.05) is 18.9 Å². The minimum atomic E-state index is -1.03. The van der Waals surface area contributed by atoms with Crippen molar-refractivity contribution in [3.8, 4) is 5.75 Å². The third kappa shape index (κ3) is 2.72. The minimum Gasteiger partial charge on any atom is -0.508 e. The smallest absolute Gasteiger partial charge is 0.250 e. The highest BCUT2D eigenvalue weighted by molar-refractivity contribution is 6.12. The number of ketones is 1. The van der Waals surface area contributed by atoms with Crippen molar-refractivity contribution in [3.05, 3.63) is 95.1 Å². The van der Waals surface area contributed by atoms with Gasteiger partial charge in [0, 0.05) is 29.1 Å². The molecule has 3 aliphatic carbocycles. The van der Waals surface area contributed by atoms with Gasteiger partial charge in [-0.2, -0.15) is 0 Å². The molecule has 1 saturated heterocycles. The van der Waals surface area contributed by atoms with Gasteiger partial charge in [0.1, 0.15) is 17.1 Å². The Morgan fingerprint density at radius 2 is 1.75 bits per heavy atom. The van der Waals surface area contributed by atoms with Crippen LogP contribution < -0.4 is 5.32 Å². The summed E-state index contributed by atoms with van der Waals surface area (Å²) < 4.78 is 0. The number of amides is 1. The third-order valence-corrected chi connectivity index (χ3v) is 11.9. The van der Waals surface area contributed by atoms with E-state index in [1.165, 1.54) is 11.1 Å². The Kier molecular flexibility index (Phi) is 4.91. The summed E-state index contributed by atoms with van der Waals surface area (Å²) in [7, 11) is 2.05. The maximum absolute atomic E-state index is 15.5. The van der Waals surface area contributed by atoms with Crippen molar-refractivity contribution >= 4 is 17.4 Å². The summed E-state index contributed by atoms with van der Waals surface area (Å²) >= 11 is 0. The number of phenolic OH excluding ortho intramolecular Hbond substituents is 1. The van der Waals surface area contributed by atoms with Crippen LogP contribution in [0.4, 0.5) is 5.69 Å². The molecule has 7 atom stereocenters. The van der Waals surface area contributed by atoms with E-state index in [9.17, 15) is 9.90 Å². The summed E-state index contributed by atoms with van der Waals surface area (Å²) in [5.74, 6) is 1.49. The lowest BCUT2D eigenvalue weighted by atomic mass is 9.55. The van der Waals surface area contributed by atoms with Crippen molar-refractivity contribution in [2.45, 2.75) is 56.4 Å². The van der Waals surface area contributed by atoms with Gasteiger partial charge in [0.25, 0.3) is 5.91 Å². The largest absolute Gasteiger partial charge is 0.508 e. The number of hydrogen-bond acceptors (Lipinski definition) is 4. The van der Waals surface area contributed by atoms with Gasteiger partial charge in [0.15, 0.2) is 0 Å². The van der Waals surface area contributed by atoms with E-state index >= 15 is 4.79 Å². The quantitative estimate of drug-likeness (QED) is 0.404. The lowest BCUT2D eigenvalue weighted by molar-refractivity contribution is -0.147. The molecule has 2 N–H and O–H groups in total. The molecule has 0 aromatic heterocycles. The maximum Gasteiger partial charge on any atom is 0.250 e. The highest BCUT2D eigenvalue weighted by atomic mass is 16.3. The van der Waals surface area contributed by atoms with Crippen molar-refractivity contribution in [2.24, 2.45) is 22.7 Å². The molecule has 2 spiro atoms. The first kappa shape index (κ1) is 24.4. The number of carbonyl (C=O) groups is 2. The summed E-state index contributed by atoms with van der Waals surface area (Å²) in [6.07, 6.45) is 4.48. The van der Waals surface area contributed by atoms with Crippen LogP contribution in [0.1, 0.15) is 66.7 Å². The fourth-order valence-electron chi connectivity index (χ4n) is 10.4. The molecule has 0 radical (unpaired) electrons. The van der Waals surface area contributed by atoms with Gasteiger partial charge in [-0.1, -0.05) is 61.5 Å². The number of anilines is 1. The fourth-order valence-corrected chi connectivity index (χ4v) is 10.4. The topological polar surface area (TPSA) is 69.6 Å². The number of aromatic hydroxyl groups is 1. The van der Waals surface area contributed by atoms with Crippen molar-refractivity contribution in [3.63, 3.8) is 0 Å². The molecule has 40 heavy (non-hydrogen) atoms. The number of likely N-dealkylation sites (N-methyl/N-ethyl adjacent to an activating group) is 1. The molecule has 3 aromatic rings. The van der Waals surface area contributed by atoms with Gasteiger partial charge >= 0.3 is 0 Å². The summed E-state index contributed by atoms with van der Waals surface area (Å²) in [5, 5.41) is 13.4. The summed E-state index contributed by atoms with van der Waals surface area (Å²) in [4.78, 5) is 32.1. The van der Waals surface area contributed by atoms with E-state index in [2.05, 4.69) is 60.6 Å². The Balaban J connectivity index is 1.34. The number of benzene rings is 3. The number of nitrogens with one attached hydrogen (secondary N) is 1. The van der Waals surface area contributed by atoms with Crippen LogP contribution in [0.25, 0.3) is 0 Å². The Hall–Kier alpha value is -3.44. The number of Topliss-reactive ketones (excluding diaryl/α,β-unsaturated/α-hetero) is 1. The standard InChI is InChI=1S/C35H36N2O3/c1-33-17-16-25-24-15-13-23(38)18-22(24)12-14-26(25)28(33)19-34(31(33)39)29(21-8-4-3-5-9-21)20-37(2)35(34)27-10-6-7-11-30(27)36-32(35)40/h3-11,13,15,18,25-26,28-29,38H,12,14,16-17,19-20H2,1-2H3,(H,36,40)/t25-,26-,28+,29-,33+,34-,35-/m1/s1. The Morgan fingerprint density at radius 1 is 0.975 bits per heavy atom. The first-order chi connectivity index (χ1) is 19.3. The molecule has 204 valence electrons. The van der Waals surface area contributed by atoms with E-state index in [0.29, 0.717) is 29.9 Å². The third-order valence-electron chi connectivity index (χ3n) is 11.9. The molecule has 0 unspecified atom stereocenters. The molecular formula is C35H36N2O3. The lowest BCUT2D eigenvalue weighted by Gasteiger charge is -2.48. The van der Waals surface area contributed by atoms with Crippen LogP contribution in [0.3, 0.4) is 0 Å². The molecule has 5 aliphatic rings. The van der Waals surface area contributed by atoms with Gasteiger partial charge < -0.3 is 10.4 Å².